The van der Waals surface area contributed by atoms with Crippen molar-refractivity contribution in [2.45, 2.75) is 58.2 Å². The molecule has 0 amide bonds. The van der Waals surface area contributed by atoms with Gasteiger partial charge in [-0.2, -0.15) is 0 Å². The maximum atomic E-state index is 12.7. The zero-order valence-electron chi connectivity index (χ0n) is 11.8. The zero-order chi connectivity index (χ0) is 14.0. The fraction of sp³-hybridized carbons (Fsp3) is 0.917. The number of hydrogen-bond acceptors (Lipinski definition) is 5. The van der Waals surface area contributed by atoms with Gasteiger partial charge in [-0.25, -0.2) is 0 Å². The van der Waals surface area contributed by atoms with Crippen LogP contribution in [0.3, 0.4) is 0 Å². The van der Waals surface area contributed by atoms with Gasteiger partial charge in [0.1, 0.15) is 5.60 Å². The molecule has 1 fully saturated rings. The molecule has 1 rings (SSSR count). The normalized spacial score (nSPS) is 18.5. The van der Waals surface area contributed by atoms with E-state index >= 15 is 0 Å². The Bertz CT molecular complexity index is 344. The Morgan fingerprint density at radius 3 is 1.89 bits per heavy atom. The summed E-state index contributed by atoms with van der Waals surface area (Å²) in [5.41, 5.74) is -0.601. The van der Waals surface area contributed by atoms with Crippen molar-refractivity contribution in [3.05, 3.63) is 0 Å². The Hall–Kier alpha value is -0.380. The molecule has 1 aliphatic carbocycles. The Kier molecular flexibility index (Phi) is 4.63. The van der Waals surface area contributed by atoms with Crippen molar-refractivity contribution in [3.8, 4) is 0 Å². The standard InChI is InChI=1S/C12H23O5P/c1-6-15-18(14,16-7-2)12(8-9-12)10(13)17-11(3,4)5/h6-9H2,1-5H3. The van der Waals surface area contributed by atoms with Gasteiger partial charge in [-0.3, -0.25) is 9.36 Å². The SMILES string of the molecule is CCOP(=O)(OCC)C1(C(=O)OC(C)(C)C)CC1. The van der Waals surface area contributed by atoms with Crippen LogP contribution >= 0.6 is 7.60 Å². The van der Waals surface area contributed by atoms with Crippen molar-refractivity contribution in [1.29, 1.82) is 0 Å². The predicted molar refractivity (Wildman–Crippen MR) is 68.7 cm³/mol. The van der Waals surface area contributed by atoms with Gasteiger partial charge in [-0.1, -0.05) is 0 Å². The maximum absolute atomic E-state index is 12.7. The lowest BCUT2D eigenvalue weighted by Gasteiger charge is -2.28. The summed E-state index contributed by atoms with van der Waals surface area (Å²) in [5.74, 6) is -0.472. The predicted octanol–water partition coefficient (Wildman–Crippen LogP) is 3.13. The molecule has 0 saturated heterocycles. The molecule has 0 radical (unpaired) electrons. The third-order valence-corrected chi connectivity index (χ3v) is 5.50. The number of ether oxygens (including phenoxy) is 1. The molecule has 0 aromatic rings. The van der Waals surface area contributed by atoms with E-state index < -0.39 is 24.3 Å². The molecular formula is C12H23O5P. The maximum Gasteiger partial charge on any atom is 0.347 e. The van der Waals surface area contributed by atoms with Gasteiger partial charge in [0.15, 0.2) is 5.16 Å². The highest BCUT2D eigenvalue weighted by molar-refractivity contribution is 7.57. The second-order valence-electron chi connectivity index (χ2n) is 5.37. The van der Waals surface area contributed by atoms with Gasteiger partial charge in [0.25, 0.3) is 0 Å². The number of hydrogen-bond donors (Lipinski definition) is 0. The molecule has 5 nitrogen and oxygen atoms in total. The van der Waals surface area contributed by atoms with E-state index in [1.54, 1.807) is 34.6 Å². The highest BCUT2D eigenvalue weighted by atomic mass is 31.2. The lowest BCUT2D eigenvalue weighted by Crippen LogP contribution is -2.34. The molecular weight excluding hydrogens is 255 g/mol. The second kappa shape index (κ2) is 5.32. The Labute approximate surface area is 109 Å². The van der Waals surface area contributed by atoms with Crippen LogP contribution in [-0.4, -0.2) is 29.9 Å². The largest absolute Gasteiger partial charge is 0.459 e. The minimum Gasteiger partial charge on any atom is -0.459 e. The van der Waals surface area contributed by atoms with Crippen LogP contribution in [0, 0.1) is 0 Å². The van der Waals surface area contributed by atoms with Crippen molar-refractivity contribution in [2.75, 3.05) is 13.2 Å². The topological polar surface area (TPSA) is 61.8 Å². The van der Waals surface area contributed by atoms with E-state index in [1.807, 2.05) is 0 Å². The summed E-state index contributed by atoms with van der Waals surface area (Å²) in [6.45, 7) is 9.32. The Morgan fingerprint density at radius 2 is 1.61 bits per heavy atom. The molecule has 6 heteroatoms. The molecule has 0 atom stereocenters. The van der Waals surface area contributed by atoms with Gasteiger partial charge >= 0.3 is 13.6 Å². The molecule has 1 aliphatic rings. The summed E-state index contributed by atoms with van der Waals surface area (Å²) in [7, 11) is -3.43. The van der Waals surface area contributed by atoms with E-state index in [4.69, 9.17) is 13.8 Å². The van der Waals surface area contributed by atoms with Crippen LogP contribution in [0.5, 0.6) is 0 Å². The van der Waals surface area contributed by atoms with E-state index in [-0.39, 0.29) is 13.2 Å². The van der Waals surface area contributed by atoms with E-state index in [9.17, 15) is 9.36 Å². The van der Waals surface area contributed by atoms with Crippen LogP contribution in [0.4, 0.5) is 0 Å². The summed E-state index contributed by atoms with van der Waals surface area (Å²) in [6, 6.07) is 0. The quantitative estimate of drug-likeness (QED) is 0.551. The van der Waals surface area contributed by atoms with Gasteiger partial charge in [-0.15, -0.1) is 0 Å². The minimum absolute atomic E-state index is 0.252. The number of carbonyl (C=O) groups is 1. The van der Waals surface area contributed by atoms with Crippen LogP contribution in [0.15, 0.2) is 0 Å². The van der Waals surface area contributed by atoms with E-state index in [0.717, 1.165) is 0 Å². The van der Waals surface area contributed by atoms with E-state index in [0.29, 0.717) is 12.8 Å². The molecule has 1 saturated carbocycles. The molecule has 0 heterocycles. The summed E-state index contributed by atoms with van der Waals surface area (Å²) < 4.78 is 28.5. The lowest BCUT2D eigenvalue weighted by molar-refractivity contribution is -0.155. The van der Waals surface area contributed by atoms with E-state index in [2.05, 4.69) is 0 Å². The first kappa shape index (κ1) is 15.7. The number of esters is 1. The van der Waals surface area contributed by atoms with Crippen LogP contribution in [0.25, 0.3) is 0 Å². The highest BCUT2D eigenvalue weighted by Crippen LogP contribution is 2.71. The minimum atomic E-state index is -3.43. The number of carbonyl (C=O) groups excluding carboxylic acids is 1. The van der Waals surface area contributed by atoms with Crippen LogP contribution in [-0.2, 0) is 23.1 Å². The lowest BCUT2D eigenvalue weighted by atomic mass is 10.2. The Balaban J connectivity index is 2.90. The third-order valence-electron chi connectivity index (χ3n) is 2.62. The third kappa shape index (κ3) is 3.14. The molecule has 0 bridgehead atoms. The van der Waals surface area contributed by atoms with Gasteiger partial charge in [0.05, 0.1) is 13.2 Å². The van der Waals surface area contributed by atoms with Crippen LogP contribution in [0.2, 0.25) is 0 Å². The smallest absolute Gasteiger partial charge is 0.347 e. The van der Waals surface area contributed by atoms with Crippen molar-refractivity contribution >= 4 is 13.6 Å². The van der Waals surface area contributed by atoms with Gasteiger partial charge in [0.2, 0.25) is 0 Å². The van der Waals surface area contributed by atoms with Gasteiger partial charge < -0.3 is 13.8 Å². The van der Waals surface area contributed by atoms with Crippen LogP contribution < -0.4 is 0 Å². The molecule has 0 aliphatic heterocycles. The van der Waals surface area contributed by atoms with Crippen molar-refractivity contribution in [2.24, 2.45) is 0 Å². The average Bonchev–Trinajstić information content (AvgIpc) is 2.96. The average molecular weight is 278 g/mol. The fourth-order valence-corrected chi connectivity index (χ4v) is 3.88. The van der Waals surface area contributed by atoms with E-state index in [1.165, 1.54) is 0 Å². The summed E-state index contributed by atoms with van der Waals surface area (Å²) in [4.78, 5) is 12.2. The van der Waals surface area contributed by atoms with Crippen molar-refractivity contribution in [3.63, 3.8) is 0 Å². The second-order valence-corrected chi connectivity index (χ2v) is 7.73. The molecule has 106 valence electrons. The summed E-state index contributed by atoms with van der Waals surface area (Å²) in [5, 5.41) is -1.08. The molecule has 0 unspecified atom stereocenters. The van der Waals surface area contributed by atoms with Crippen LogP contribution in [0.1, 0.15) is 47.5 Å². The fourth-order valence-electron chi connectivity index (χ4n) is 1.71. The van der Waals surface area contributed by atoms with Gasteiger partial charge in [-0.05, 0) is 47.5 Å². The molecule has 0 spiro atoms. The summed E-state index contributed by atoms with van der Waals surface area (Å²) in [6.07, 6.45) is 0.998. The zero-order valence-corrected chi connectivity index (χ0v) is 12.7. The first-order valence-corrected chi connectivity index (χ1v) is 7.88. The first-order chi connectivity index (χ1) is 8.21. The molecule has 0 N–H and O–H groups in total. The highest BCUT2D eigenvalue weighted by Gasteiger charge is 2.67. The molecule has 0 aromatic carbocycles. The van der Waals surface area contributed by atoms with Crippen molar-refractivity contribution in [1.82, 2.24) is 0 Å². The van der Waals surface area contributed by atoms with Gasteiger partial charge in [0, 0.05) is 0 Å². The monoisotopic (exact) mass is 278 g/mol. The first-order valence-electron chi connectivity index (χ1n) is 6.33. The summed E-state index contributed by atoms with van der Waals surface area (Å²) >= 11 is 0. The molecule has 0 aromatic heterocycles. The molecule has 18 heavy (non-hydrogen) atoms. The number of rotatable bonds is 6. The van der Waals surface area contributed by atoms with Crippen molar-refractivity contribution < 1.29 is 23.1 Å². The Morgan fingerprint density at radius 1 is 1.17 bits per heavy atom.